The standard InChI is InChI=1S/C29H36N2O3/c1-4-5-15-27(22-11-7-6-8-12-22)30-24-14-9-13-23(18-24)29(34)26-20-31(17-10-16-28(32)33)19-25(26)21(2)3/h6-9,11-14,18-21,27,30H,4-5,10,15-17H2,1-3H3,(H,32,33). The Morgan fingerprint density at radius 2 is 1.76 bits per heavy atom. The fourth-order valence-corrected chi connectivity index (χ4v) is 4.24. The van der Waals surface area contributed by atoms with Crippen LogP contribution in [0.5, 0.6) is 0 Å². The van der Waals surface area contributed by atoms with Crippen LogP contribution in [0.25, 0.3) is 0 Å². The lowest BCUT2D eigenvalue weighted by Crippen LogP contribution is -2.11. The summed E-state index contributed by atoms with van der Waals surface area (Å²) in [5.74, 6) is -0.615. The van der Waals surface area contributed by atoms with E-state index >= 15 is 0 Å². The largest absolute Gasteiger partial charge is 0.481 e. The van der Waals surface area contributed by atoms with Crippen LogP contribution in [-0.2, 0) is 11.3 Å². The summed E-state index contributed by atoms with van der Waals surface area (Å²) < 4.78 is 1.95. The molecule has 5 nitrogen and oxygen atoms in total. The average Bonchev–Trinajstić information content (AvgIpc) is 3.26. The summed E-state index contributed by atoms with van der Waals surface area (Å²) in [5, 5.41) is 12.6. The van der Waals surface area contributed by atoms with Gasteiger partial charge >= 0.3 is 5.97 Å². The molecule has 1 unspecified atom stereocenters. The molecule has 34 heavy (non-hydrogen) atoms. The average molecular weight is 461 g/mol. The van der Waals surface area contributed by atoms with Crippen molar-refractivity contribution in [1.82, 2.24) is 4.57 Å². The van der Waals surface area contributed by atoms with E-state index in [1.54, 1.807) is 0 Å². The Balaban J connectivity index is 1.82. The van der Waals surface area contributed by atoms with Gasteiger partial charge in [-0.1, -0.05) is 76.1 Å². The number of carboxylic acids is 1. The lowest BCUT2D eigenvalue weighted by molar-refractivity contribution is -0.137. The molecule has 180 valence electrons. The van der Waals surface area contributed by atoms with Crippen molar-refractivity contribution < 1.29 is 14.7 Å². The number of carbonyl (C=O) groups excluding carboxylic acids is 1. The number of aliphatic carboxylic acids is 1. The second kappa shape index (κ2) is 12.2. The van der Waals surface area contributed by atoms with E-state index in [-0.39, 0.29) is 24.2 Å². The van der Waals surface area contributed by atoms with E-state index in [2.05, 4.69) is 50.4 Å². The summed E-state index contributed by atoms with van der Waals surface area (Å²) in [6.07, 6.45) is 7.78. The minimum absolute atomic E-state index is 0.00541. The SMILES string of the molecule is CCCCC(Nc1cccc(C(=O)c2cn(CCCC(=O)O)cc2C(C)C)c1)c1ccccc1. The van der Waals surface area contributed by atoms with Crippen LogP contribution in [0.4, 0.5) is 5.69 Å². The maximum atomic E-state index is 13.5. The highest BCUT2D eigenvalue weighted by Gasteiger charge is 2.19. The minimum Gasteiger partial charge on any atom is -0.481 e. The third-order valence-electron chi connectivity index (χ3n) is 6.10. The summed E-state index contributed by atoms with van der Waals surface area (Å²) in [6.45, 7) is 6.92. The molecule has 3 aromatic rings. The van der Waals surface area contributed by atoms with Crippen molar-refractivity contribution in [1.29, 1.82) is 0 Å². The lowest BCUT2D eigenvalue weighted by atomic mass is 9.96. The number of carboxylic acid groups (broad SMARTS) is 1. The molecule has 0 saturated heterocycles. The van der Waals surface area contributed by atoms with E-state index in [0.717, 1.165) is 30.5 Å². The third-order valence-corrected chi connectivity index (χ3v) is 6.10. The van der Waals surface area contributed by atoms with Crippen LogP contribution >= 0.6 is 0 Å². The highest BCUT2D eigenvalue weighted by atomic mass is 16.4. The molecule has 0 bridgehead atoms. The van der Waals surface area contributed by atoms with Gasteiger partial charge in [0.25, 0.3) is 0 Å². The Bertz CT molecular complexity index is 1090. The van der Waals surface area contributed by atoms with E-state index in [1.165, 1.54) is 5.56 Å². The molecular weight excluding hydrogens is 424 g/mol. The van der Waals surface area contributed by atoms with Crippen molar-refractivity contribution in [2.75, 3.05) is 5.32 Å². The minimum atomic E-state index is -0.801. The molecular formula is C29H36N2O3. The number of nitrogens with zero attached hydrogens (tertiary/aromatic N) is 1. The molecule has 0 saturated carbocycles. The summed E-state index contributed by atoms with van der Waals surface area (Å²) in [6, 6.07) is 18.4. The van der Waals surface area contributed by atoms with Crippen molar-refractivity contribution in [3.05, 3.63) is 89.2 Å². The molecule has 0 aliphatic rings. The molecule has 0 fully saturated rings. The molecule has 2 aromatic carbocycles. The predicted molar refractivity (Wildman–Crippen MR) is 138 cm³/mol. The van der Waals surface area contributed by atoms with Crippen molar-refractivity contribution in [2.24, 2.45) is 0 Å². The van der Waals surface area contributed by atoms with E-state index in [1.807, 2.05) is 47.3 Å². The predicted octanol–water partition coefficient (Wildman–Crippen LogP) is 7.05. The van der Waals surface area contributed by atoms with Gasteiger partial charge in [0, 0.05) is 42.2 Å². The molecule has 1 aromatic heterocycles. The number of carbonyl (C=O) groups is 2. The van der Waals surface area contributed by atoms with Gasteiger partial charge < -0.3 is 15.0 Å². The van der Waals surface area contributed by atoms with E-state index in [0.29, 0.717) is 24.1 Å². The highest BCUT2D eigenvalue weighted by Crippen LogP contribution is 2.28. The third kappa shape index (κ3) is 6.83. The zero-order valence-corrected chi connectivity index (χ0v) is 20.5. The maximum Gasteiger partial charge on any atom is 0.303 e. The van der Waals surface area contributed by atoms with Gasteiger partial charge in [0.1, 0.15) is 0 Å². The second-order valence-corrected chi connectivity index (χ2v) is 9.18. The molecule has 3 rings (SSSR count). The fraction of sp³-hybridized carbons (Fsp3) is 0.379. The number of anilines is 1. The highest BCUT2D eigenvalue weighted by molar-refractivity contribution is 6.10. The Hall–Kier alpha value is -3.34. The van der Waals surface area contributed by atoms with Crippen LogP contribution in [0.3, 0.4) is 0 Å². The molecule has 0 radical (unpaired) electrons. The van der Waals surface area contributed by atoms with Crippen LogP contribution < -0.4 is 5.32 Å². The number of hydrogen-bond acceptors (Lipinski definition) is 3. The van der Waals surface area contributed by atoms with Gasteiger partial charge in [0.15, 0.2) is 5.78 Å². The Kier molecular flexibility index (Phi) is 9.08. The van der Waals surface area contributed by atoms with Crippen LogP contribution in [0.15, 0.2) is 67.0 Å². The van der Waals surface area contributed by atoms with Crippen LogP contribution in [-0.4, -0.2) is 21.4 Å². The topological polar surface area (TPSA) is 71.3 Å². The first kappa shape index (κ1) is 25.3. The van der Waals surface area contributed by atoms with Gasteiger partial charge in [-0.15, -0.1) is 0 Å². The first-order valence-electron chi connectivity index (χ1n) is 12.3. The maximum absolute atomic E-state index is 13.5. The number of rotatable bonds is 13. The monoisotopic (exact) mass is 460 g/mol. The fourth-order valence-electron chi connectivity index (χ4n) is 4.24. The van der Waals surface area contributed by atoms with E-state index < -0.39 is 5.97 Å². The molecule has 0 spiro atoms. The second-order valence-electron chi connectivity index (χ2n) is 9.18. The van der Waals surface area contributed by atoms with Crippen molar-refractivity contribution in [3.8, 4) is 0 Å². The van der Waals surface area contributed by atoms with Gasteiger partial charge in [-0.3, -0.25) is 9.59 Å². The molecule has 2 N–H and O–H groups in total. The van der Waals surface area contributed by atoms with Crippen molar-refractivity contribution in [3.63, 3.8) is 0 Å². The first-order chi connectivity index (χ1) is 16.4. The first-order valence-corrected chi connectivity index (χ1v) is 12.3. The van der Waals surface area contributed by atoms with Crippen molar-refractivity contribution in [2.45, 2.75) is 71.4 Å². The van der Waals surface area contributed by atoms with Crippen LogP contribution in [0, 0.1) is 0 Å². The Labute approximate surface area is 202 Å². The van der Waals surface area contributed by atoms with Crippen LogP contribution in [0.1, 0.15) is 91.9 Å². The summed E-state index contributed by atoms with van der Waals surface area (Å²) in [4.78, 5) is 24.4. The van der Waals surface area contributed by atoms with Gasteiger partial charge in [0.05, 0.1) is 6.04 Å². The van der Waals surface area contributed by atoms with Gasteiger partial charge in [-0.25, -0.2) is 0 Å². The number of aryl methyl sites for hydroxylation is 1. The smallest absolute Gasteiger partial charge is 0.303 e. The zero-order valence-electron chi connectivity index (χ0n) is 20.5. The number of benzene rings is 2. The lowest BCUT2D eigenvalue weighted by Gasteiger charge is -2.21. The molecule has 0 amide bonds. The van der Waals surface area contributed by atoms with Crippen molar-refractivity contribution >= 4 is 17.4 Å². The normalized spacial score (nSPS) is 12.0. The van der Waals surface area contributed by atoms with E-state index in [9.17, 15) is 9.59 Å². The molecule has 0 aliphatic carbocycles. The number of hydrogen-bond donors (Lipinski definition) is 2. The molecule has 1 heterocycles. The van der Waals surface area contributed by atoms with Gasteiger partial charge in [-0.2, -0.15) is 0 Å². The summed E-state index contributed by atoms with van der Waals surface area (Å²) in [7, 11) is 0. The van der Waals surface area contributed by atoms with Gasteiger partial charge in [0.2, 0.25) is 0 Å². The molecule has 0 aliphatic heterocycles. The quantitative estimate of drug-likeness (QED) is 0.268. The van der Waals surface area contributed by atoms with Gasteiger partial charge in [-0.05, 0) is 42.0 Å². The summed E-state index contributed by atoms with van der Waals surface area (Å²) >= 11 is 0. The molecule has 1 atom stereocenters. The zero-order chi connectivity index (χ0) is 24.5. The number of unbranched alkanes of at least 4 members (excludes halogenated alkanes) is 1. The van der Waals surface area contributed by atoms with Crippen LogP contribution in [0.2, 0.25) is 0 Å². The number of nitrogens with one attached hydrogen (secondary N) is 1. The Morgan fingerprint density at radius 3 is 2.44 bits per heavy atom. The number of aromatic nitrogens is 1. The Morgan fingerprint density at radius 1 is 1.00 bits per heavy atom. The van der Waals surface area contributed by atoms with E-state index in [4.69, 9.17) is 5.11 Å². The number of ketones is 1. The summed E-state index contributed by atoms with van der Waals surface area (Å²) in [5.41, 5.74) is 4.50. The molecule has 5 heteroatoms.